The lowest BCUT2D eigenvalue weighted by Crippen LogP contribution is -2.15. The molecule has 0 aromatic rings. The highest BCUT2D eigenvalue weighted by molar-refractivity contribution is 5.88. The first-order chi connectivity index (χ1) is 9.74. The summed E-state index contributed by atoms with van der Waals surface area (Å²) < 4.78 is 15.5. The highest BCUT2D eigenvalue weighted by atomic mass is 16.7. The zero-order valence-corrected chi connectivity index (χ0v) is 13.1. The summed E-state index contributed by atoms with van der Waals surface area (Å²) in [6, 6.07) is 0. The molecule has 0 aliphatic rings. The van der Waals surface area contributed by atoms with Crippen LogP contribution in [0.4, 0.5) is 0 Å². The lowest BCUT2D eigenvalue weighted by atomic mass is 10.1. The molecule has 4 nitrogen and oxygen atoms in total. The highest BCUT2D eigenvalue weighted by Gasteiger charge is 2.03. The summed E-state index contributed by atoms with van der Waals surface area (Å²) in [5, 5.41) is 0. The molecule has 0 amide bonds. The molecule has 0 radical (unpaired) electrons. The fraction of sp³-hybridized carbons (Fsp3) is 0.812. The summed E-state index contributed by atoms with van der Waals surface area (Å²) in [4.78, 5) is 11.4. The topological polar surface area (TPSA) is 44.8 Å². The van der Waals surface area contributed by atoms with Crippen molar-refractivity contribution in [1.29, 1.82) is 0 Å². The van der Waals surface area contributed by atoms with Crippen LogP contribution in [-0.2, 0) is 19.0 Å². The van der Waals surface area contributed by atoms with E-state index in [0.29, 0.717) is 19.8 Å². The van der Waals surface area contributed by atoms with Crippen LogP contribution in [-0.4, -0.2) is 32.1 Å². The standard InChI is InChI=1S/C16H28O4/c1-4-7-8-9-10-11-14-20-15(17)12-13-16(18-5-2)19-6-3/h16H,4-11,14H2,1-3H3. The zero-order chi connectivity index (χ0) is 15.1. The van der Waals surface area contributed by atoms with E-state index in [-0.39, 0.29) is 0 Å². The number of carbonyl (C=O) groups excluding carboxylic acids is 1. The molecule has 4 heteroatoms. The van der Waals surface area contributed by atoms with Crippen LogP contribution in [0.2, 0.25) is 0 Å². The van der Waals surface area contributed by atoms with Gasteiger partial charge in [0, 0.05) is 19.1 Å². The molecule has 0 aromatic carbocycles. The van der Waals surface area contributed by atoms with Crippen molar-refractivity contribution in [2.24, 2.45) is 0 Å². The van der Waals surface area contributed by atoms with Gasteiger partial charge in [0.25, 0.3) is 0 Å². The van der Waals surface area contributed by atoms with Crippen LogP contribution in [0.25, 0.3) is 0 Å². The molecule has 0 fully saturated rings. The first kappa shape index (κ1) is 18.9. The van der Waals surface area contributed by atoms with Crippen LogP contribution in [0.3, 0.4) is 0 Å². The Labute approximate surface area is 123 Å². The van der Waals surface area contributed by atoms with Crippen LogP contribution in [0, 0.1) is 11.8 Å². The smallest absolute Gasteiger partial charge is 0.384 e. The number of ether oxygens (including phenoxy) is 3. The van der Waals surface area contributed by atoms with Gasteiger partial charge in [-0.05, 0) is 26.2 Å². The average molecular weight is 284 g/mol. The van der Waals surface area contributed by atoms with E-state index in [0.717, 1.165) is 12.8 Å². The minimum Gasteiger partial charge on any atom is -0.456 e. The molecule has 0 saturated carbocycles. The van der Waals surface area contributed by atoms with Crippen LogP contribution in [0.1, 0.15) is 59.3 Å². The van der Waals surface area contributed by atoms with Crippen molar-refractivity contribution in [2.45, 2.75) is 65.6 Å². The molecule has 0 spiro atoms. The first-order valence-corrected chi connectivity index (χ1v) is 7.66. The monoisotopic (exact) mass is 284 g/mol. The third-order valence-corrected chi connectivity index (χ3v) is 2.66. The van der Waals surface area contributed by atoms with E-state index in [1.165, 1.54) is 25.7 Å². The molecule has 0 aliphatic heterocycles. The van der Waals surface area contributed by atoms with Gasteiger partial charge < -0.3 is 14.2 Å². The second kappa shape index (κ2) is 14.4. The second-order valence-electron chi connectivity index (χ2n) is 4.42. The Bertz CT molecular complexity index is 285. The fourth-order valence-corrected chi connectivity index (χ4v) is 1.64. The third kappa shape index (κ3) is 12.0. The van der Waals surface area contributed by atoms with Gasteiger partial charge in [0.1, 0.15) is 0 Å². The Hall–Kier alpha value is -1.05. The number of hydrogen-bond donors (Lipinski definition) is 0. The summed E-state index contributed by atoms with van der Waals surface area (Å²) in [5.74, 6) is 4.51. The van der Waals surface area contributed by atoms with Gasteiger partial charge in [-0.1, -0.05) is 39.0 Å². The number of esters is 1. The maximum Gasteiger partial charge on any atom is 0.384 e. The minimum atomic E-state index is -0.647. The molecular formula is C16H28O4. The highest BCUT2D eigenvalue weighted by Crippen LogP contribution is 2.04. The van der Waals surface area contributed by atoms with E-state index in [1.54, 1.807) is 0 Å². The molecular weight excluding hydrogens is 256 g/mol. The number of rotatable bonds is 11. The molecule has 0 unspecified atom stereocenters. The third-order valence-electron chi connectivity index (χ3n) is 2.66. The van der Waals surface area contributed by atoms with Crippen molar-refractivity contribution in [3.8, 4) is 11.8 Å². The Balaban J connectivity index is 3.71. The predicted octanol–water partition coefficient (Wildman–Crippen LogP) is 3.29. The molecule has 116 valence electrons. The average Bonchev–Trinajstić information content (AvgIpc) is 2.44. The normalized spacial score (nSPS) is 10.2. The van der Waals surface area contributed by atoms with Crippen molar-refractivity contribution in [1.82, 2.24) is 0 Å². The van der Waals surface area contributed by atoms with E-state index in [9.17, 15) is 4.79 Å². The lowest BCUT2D eigenvalue weighted by Gasteiger charge is -2.09. The van der Waals surface area contributed by atoms with E-state index < -0.39 is 12.3 Å². The molecule has 0 aliphatic carbocycles. The molecule has 0 rings (SSSR count). The summed E-state index contributed by atoms with van der Waals surface area (Å²) in [7, 11) is 0. The number of unbranched alkanes of at least 4 members (excludes halogenated alkanes) is 5. The second-order valence-corrected chi connectivity index (χ2v) is 4.42. The van der Waals surface area contributed by atoms with Gasteiger partial charge in [0.05, 0.1) is 6.61 Å². The SMILES string of the molecule is CCCCCCCCOC(=O)C#CC(OCC)OCC. The molecule has 20 heavy (non-hydrogen) atoms. The maximum atomic E-state index is 11.4. The van der Waals surface area contributed by atoms with Crippen molar-refractivity contribution in [3.05, 3.63) is 0 Å². The van der Waals surface area contributed by atoms with Crippen molar-refractivity contribution in [2.75, 3.05) is 19.8 Å². The van der Waals surface area contributed by atoms with Crippen molar-refractivity contribution < 1.29 is 19.0 Å². The predicted molar refractivity (Wildman–Crippen MR) is 79.2 cm³/mol. The van der Waals surface area contributed by atoms with Gasteiger partial charge in [-0.25, -0.2) is 4.79 Å². The van der Waals surface area contributed by atoms with Gasteiger partial charge >= 0.3 is 5.97 Å². The molecule has 0 aromatic heterocycles. The van der Waals surface area contributed by atoms with Crippen LogP contribution < -0.4 is 0 Å². The molecule has 0 atom stereocenters. The maximum absolute atomic E-state index is 11.4. The van der Waals surface area contributed by atoms with Crippen molar-refractivity contribution >= 4 is 5.97 Å². The Morgan fingerprint density at radius 1 is 0.950 bits per heavy atom. The van der Waals surface area contributed by atoms with Crippen LogP contribution >= 0.6 is 0 Å². The fourth-order valence-electron chi connectivity index (χ4n) is 1.64. The number of hydrogen-bond acceptors (Lipinski definition) is 4. The summed E-state index contributed by atoms with van der Waals surface area (Å²) >= 11 is 0. The largest absolute Gasteiger partial charge is 0.456 e. The minimum absolute atomic E-state index is 0.438. The van der Waals surface area contributed by atoms with Gasteiger partial charge in [-0.15, -0.1) is 0 Å². The van der Waals surface area contributed by atoms with Gasteiger partial charge in [-0.2, -0.15) is 0 Å². The molecule has 0 N–H and O–H groups in total. The van der Waals surface area contributed by atoms with Gasteiger partial charge in [0.2, 0.25) is 6.29 Å². The van der Waals surface area contributed by atoms with E-state index in [1.807, 2.05) is 13.8 Å². The summed E-state index contributed by atoms with van der Waals surface area (Å²) in [6.07, 6.45) is 6.33. The Kier molecular flexibility index (Phi) is 13.6. The van der Waals surface area contributed by atoms with E-state index in [4.69, 9.17) is 14.2 Å². The first-order valence-electron chi connectivity index (χ1n) is 7.66. The molecule has 0 saturated heterocycles. The zero-order valence-electron chi connectivity index (χ0n) is 13.1. The van der Waals surface area contributed by atoms with E-state index in [2.05, 4.69) is 18.8 Å². The molecule has 0 heterocycles. The van der Waals surface area contributed by atoms with Crippen molar-refractivity contribution in [3.63, 3.8) is 0 Å². The lowest BCUT2D eigenvalue weighted by molar-refractivity contribution is -0.137. The Morgan fingerprint density at radius 3 is 2.15 bits per heavy atom. The molecule has 0 bridgehead atoms. The van der Waals surface area contributed by atoms with Gasteiger partial charge in [0.15, 0.2) is 0 Å². The van der Waals surface area contributed by atoms with Gasteiger partial charge in [-0.3, -0.25) is 0 Å². The summed E-state index contributed by atoms with van der Waals surface area (Å²) in [6.45, 7) is 7.32. The van der Waals surface area contributed by atoms with E-state index >= 15 is 0 Å². The number of carbonyl (C=O) groups is 1. The quantitative estimate of drug-likeness (QED) is 0.192. The van der Waals surface area contributed by atoms with Crippen LogP contribution in [0.15, 0.2) is 0 Å². The summed E-state index contributed by atoms with van der Waals surface area (Å²) in [5.41, 5.74) is 0. The van der Waals surface area contributed by atoms with Crippen LogP contribution in [0.5, 0.6) is 0 Å². The Morgan fingerprint density at radius 2 is 1.55 bits per heavy atom.